The normalized spacial score (nSPS) is 26.0. The van der Waals surface area contributed by atoms with Gasteiger partial charge in [0.2, 0.25) is 5.91 Å². The Kier molecular flexibility index (Phi) is 4.87. The molecule has 2 fully saturated rings. The Bertz CT molecular complexity index is 553. The van der Waals surface area contributed by atoms with Gasteiger partial charge in [0.05, 0.1) is 13.2 Å². The first kappa shape index (κ1) is 16.3. The molecule has 1 aliphatic carbocycles. The number of hydrogen-bond acceptors (Lipinski definition) is 4. The van der Waals surface area contributed by atoms with E-state index in [1.807, 2.05) is 23.1 Å². The molecule has 0 radical (unpaired) electrons. The van der Waals surface area contributed by atoms with E-state index < -0.39 is 0 Å². The van der Waals surface area contributed by atoms with Crippen molar-refractivity contribution in [3.8, 4) is 5.75 Å². The highest BCUT2D eigenvalue weighted by atomic mass is 16.5. The smallest absolute Gasteiger partial charge is 0.226 e. The van der Waals surface area contributed by atoms with Gasteiger partial charge in [0.1, 0.15) is 5.75 Å². The van der Waals surface area contributed by atoms with Crippen LogP contribution in [0, 0.1) is 5.92 Å². The summed E-state index contributed by atoms with van der Waals surface area (Å²) in [4.78, 5) is 16.9. The van der Waals surface area contributed by atoms with Crippen molar-refractivity contribution in [2.24, 2.45) is 5.92 Å². The van der Waals surface area contributed by atoms with Gasteiger partial charge in [-0.3, -0.25) is 9.69 Å². The number of rotatable bonds is 5. The predicted molar refractivity (Wildman–Crippen MR) is 88.5 cm³/mol. The zero-order valence-corrected chi connectivity index (χ0v) is 13.9. The minimum Gasteiger partial charge on any atom is -0.496 e. The van der Waals surface area contributed by atoms with E-state index in [9.17, 15) is 9.90 Å². The van der Waals surface area contributed by atoms with Crippen molar-refractivity contribution in [2.75, 3.05) is 39.8 Å². The number of β-amino-alcohol motifs (C(OH)–C–C–N with tert-alkyl or cyclic N) is 1. The zero-order valence-electron chi connectivity index (χ0n) is 13.9. The highest BCUT2D eigenvalue weighted by Crippen LogP contribution is 2.51. The van der Waals surface area contributed by atoms with Crippen molar-refractivity contribution < 1.29 is 14.6 Å². The number of carbonyl (C=O) groups is 1. The molecule has 5 nitrogen and oxygen atoms in total. The first-order chi connectivity index (χ1) is 11.1. The van der Waals surface area contributed by atoms with Gasteiger partial charge in [0.25, 0.3) is 0 Å². The monoisotopic (exact) mass is 318 g/mol. The summed E-state index contributed by atoms with van der Waals surface area (Å²) in [5, 5.41) is 9.45. The van der Waals surface area contributed by atoms with E-state index in [0.29, 0.717) is 12.5 Å². The number of ether oxygens (including phenoxy) is 1. The molecule has 1 saturated carbocycles. The van der Waals surface area contributed by atoms with Crippen LogP contribution in [0.5, 0.6) is 5.75 Å². The van der Waals surface area contributed by atoms with E-state index in [4.69, 9.17) is 4.74 Å². The van der Waals surface area contributed by atoms with Gasteiger partial charge in [-0.05, 0) is 30.9 Å². The van der Waals surface area contributed by atoms with Gasteiger partial charge in [-0.2, -0.15) is 0 Å². The van der Waals surface area contributed by atoms with Crippen LogP contribution in [0.4, 0.5) is 0 Å². The first-order valence-electron chi connectivity index (χ1n) is 8.42. The molecule has 23 heavy (non-hydrogen) atoms. The van der Waals surface area contributed by atoms with Crippen molar-refractivity contribution in [1.29, 1.82) is 0 Å². The Morgan fingerprint density at radius 2 is 2.00 bits per heavy atom. The summed E-state index contributed by atoms with van der Waals surface area (Å²) in [6.07, 6.45) is 0.614. The van der Waals surface area contributed by atoms with Gasteiger partial charge in [0, 0.05) is 38.6 Å². The predicted octanol–water partition coefficient (Wildman–Crippen LogP) is 1.32. The second-order valence-corrected chi connectivity index (χ2v) is 6.67. The highest BCUT2D eigenvalue weighted by molar-refractivity contribution is 5.83. The van der Waals surface area contributed by atoms with Gasteiger partial charge in [-0.15, -0.1) is 0 Å². The summed E-state index contributed by atoms with van der Waals surface area (Å²) >= 11 is 0. The maximum atomic E-state index is 12.7. The number of aliphatic hydroxyl groups excluding tert-OH is 1. The van der Waals surface area contributed by atoms with E-state index in [1.165, 1.54) is 0 Å². The summed E-state index contributed by atoms with van der Waals surface area (Å²) in [5.41, 5.74) is 1.15. The largest absolute Gasteiger partial charge is 0.496 e. The molecule has 0 bridgehead atoms. The van der Waals surface area contributed by atoms with Gasteiger partial charge in [-0.1, -0.05) is 18.2 Å². The molecule has 2 aliphatic rings. The van der Waals surface area contributed by atoms with Crippen molar-refractivity contribution in [3.05, 3.63) is 29.8 Å². The molecule has 3 atom stereocenters. The number of amides is 1. The Hall–Kier alpha value is -1.59. The Balaban J connectivity index is 1.55. The lowest BCUT2D eigenvalue weighted by Gasteiger charge is -2.35. The molecule has 1 heterocycles. The third-order valence-electron chi connectivity index (χ3n) is 4.85. The zero-order chi connectivity index (χ0) is 16.4. The van der Waals surface area contributed by atoms with Crippen molar-refractivity contribution in [2.45, 2.75) is 25.4 Å². The molecule has 0 aromatic heterocycles. The molecule has 0 spiro atoms. The van der Waals surface area contributed by atoms with Crippen molar-refractivity contribution in [1.82, 2.24) is 9.80 Å². The molecule has 126 valence electrons. The average Bonchev–Trinajstić information content (AvgIpc) is 3.35. The second kappa shape index (κ2) is 6.89. The summed E-state index contributed by atoms with van der Waals surface area (Å²) in [6, 6.07) is 8.00. The van der Waals surface area contributed by atoms with Gasteiger partial charge in [-0.25, -0.2) is 0 Å². The van der Waals surface area contributed by atoms with Crippen LogP contribution in [0.1, 0.15) is 24.8 Å². The number of carbonyl (C=O) groups excluding carboxylic acids is 1. The summed E-state index contributed by atoms with van der Waals surface area (Å²) in [7, 11) is 1.68. The molecule has 1 N–H and O–H groups in total. The molecule has 1 amide bonds. The maximum absolute atomic E-state index is 12.7. The Labute approximate surface area is 137 Å². The molecular weight excluding hydrogens is 292 g/mol. The SMILES string of the molecule is COc1ccccc1[C@@H]1C[C@@H]1C(=O)N1CCN(C[C@H](C)O)CC1. The lowest BCUT2D eigenvalue weighted by atomic mass is 10.1. The molecule has 3 rings (SSSR count). The Morgan fingerprint density at radius 3 is 2.65 bits per heavy atom. The Morgan fingerprint density at radius 1 is 1.30 bits per heavy atom. The highest BCUT2D eigenvalue weighted by Gasteiger charge is 2.47. The van der Waals surface area contributed by atoms with Crippen LogP contribution in [0.25, 0.3) is 0 Å². The number of hydrogen-bond donors (Lipinski definition) is 1. The van der Waals surface area contributed by atoms with E-state index in [0.717, 1.165) is 43.9 Å². The van der Waals surface area contributed by atoms with E-state index in [2.05, 4.69) is 11.0 Å². The third kappa shape index (κ3) is 3.67. The van der Waals surface area contributed by atoms with Crippen molar-refractivity contribution >= 4 is 5.91 Å². The summed E-state index contributed by atoms with van der Waals surface area (Å²) in [6.45, 7) is 5.72. The number of benzene rings is 1. The molecular formula is C18H26N2O3. The standard InChI is InChI=1S/C18H26N2O3/c1-13(21)12-19-7-9-20(10-8-19)18(22)16-11-15(16)14-5-3-4-6-17(14)23-2/h3-6,13,15-16,21H,7-12H2,1-2H3/t13-,15-,16-/m0/s1. The quantitative estimate of drug-likeness (QED) is 0.890. The van der Waals surface area contributed by atoms with Crippen LogP contribution in [-0.4, -0.2) is 66.8 Å². The van der Waals surface area contributed by atoms with E-state index in [-0.39, 0.29) is 17.9 Å². The third-order valence-corrected chi connectivity index (χ3v) is 4.85. The molecule has 5 heteroatoms. The lowest BCUT2D eigenvalue weighted by Crippen LogP contribution is -2.50. The molecule has 1 saturated heterocycles. The number of piperazine rings is 1. The number of nitrogens with zero attached hydrogens (tertiary/aromatic N) is 2. The minimum absolute atomic E-state index is 0.106. The van der Waals surface area contributed by atoms with Gasteiger partial charge >= 0.3 is 0 Å². The topological polar surface area (TPSA) is 53.0 Å². The number of aliphatic hydroxyl groups is 1. The van der Waals surface area contributed by atoms with Crippen LogP contribution in [0.3, 0.4) is 0 Å². The fourth-order valence-corrected chi connectivity index (χ4v) is 3.54. The van der Waals surface area contributed by atoms with Gasteiger partial charge in [0.15, 0.2) is 0 Å². The lowest BCUT2D eigenvalue weighted by molar-refractivity contribution is -0.134. The maximum Gasteiger partial charge on any atom is 0.226 e. The van der Waals surface area contributed by atoms with E-state index in [1.54, 1.807) is 14.0 Å². The van der Waals surface area contributed by atoms with Crippen molar-refractivity contribution in [3.63, 3.8) is 0 Å². The fraction of sp³-hybridized carbons (Fsp3) is 0.611. The summed E-state index contributed by atoms with van der Waals surface area (Å²) in [5.74, 6) is 1.57. The van der Waals surface area contributed by atoms with Gasteiger partial charge < -0.3 is 14.7 Å². The summed E-state index contributed by atoms with van der Waals surface area (Å²) < 4.78 is 5.42. The number of methoxy groups -OCH3 is 1. The fourth-order valence-electron chi connectivity index (χ4n) is 3.54. The van der Waals surface area contributed by atoms with Crippen LogP contribution in [0.15, 0.2) is 24.3 Å². The first-order valence-corrected chi connectivity index (χ1v) is 8.42. The van der Waals surface area contributed by atoms with Crippen LogP contribution in [0.2, 0.25) is 0 Å². The van der Waals surface area contributed by atoms with E-state index >= 15 is 0 Å². The molecule has 1 aromatic carbocycles. The van der Waals surface area contributed by atoms with Crippen LogP contribution in [-0.2, 0) is 4.79 Å². The number of para-hydroxylation sites is 1. The average molecular weight is 318 g/mol. The second-order valence-electron chi connectivity index (χ2n) is 6.67. The van der Waals surface area contributed by atoms with Crippen LogP contribution < -0.4 is 4.74 Å². The minimum atomic E-state index is -0.310. The molecule has 1 aromatic rings. The van der Waals surface area contributed by atoms with Crippen LogP contribution >= 0.6 is 0 Å². The molecule has 0 unspecified atom stereocenters. The molecule has 1 aliphatic heterocycles.